The van der Waals surface area contributed by atoms with Crippen LogP contribution >= 0.6 is 34.9 Å². The van der Waals surface area contributed by atoms with E-state index in [-0.39, 0.29) is 10.5 Å². The molecule has 2 N–H and O–H groups in total. The van der Waals surface area contributed by atoms with Crippen LogP contribution in [-0.4, -0.2) is 74.7 Å². The summed E-state index contributed by atoms with van der Waals surface area (Å²) in [4.78, 5) is 38.5. The lowest BCUT2D eigenvalue weighted by Gasteiger charge is -2.24. The first-order valence-corrected chi connectivity index (χ1v) is 13.8. The molecule has 34 heavy (non-hydrogen) atoms. The minimum absolute atomic E-state index is 0.0361. The summed E-state index contributed by atoms with van der Waals surface area (Å²) in [5.74, 6) is -1.31. The van der Waals surface area contributed by atoms with Crippen LogP contribution in [0.1, 0.15) is 54.8 Å². The van der Waals surface area contributed by atoms with Gasteiger partial charge in [0.15, 0.2) is 0 Å². The Morgan fingerprint density at radius 3 is 2.29 bits per heavy atom. The molecule has 0 spiro atoms. The standard InChI is InChI=1S/C22H32N2OS3.C2H2O4/c1-22(2,17-26-15-8-6-5-7-14-24(3)4)28-21-18(11-9-13-23-21)20(25)19-12-10-16-27-19;3-1(4)2(5)6/h9-13,16H,5-8,14-15,17H2,1-4H3;(H,3,4)(H,5,6). The number of carboxylic acid groups (broad SMARTS) is 2. The molecule has 0 radical (unpaired) electrons. The molecule has 0 saturated carbocycles. The maximum Gasteiger partial charge on any atom is 0.414 e. The zero-order valence-electron chi connectivity index (χ0n) is 20.2. The summed E-state index contributed by atoms with van der Waals surface area (Å²) < 4.78 is 0.0361. The molecule has 0 fully saturated rings. The molecule has 2 aromatic rings. The summed E-state index contributed by atoms with van der Waals surface area (Å²) in [5, 5.41) is 17.6. The number of carbonyl (C=O) groups is 3. The first-order valence-electron chi connectivity index (χ1n) is 10.9. The second-order valence-corrected chi connectivity index (χ2v) is 12.2. The number of aliphatic carboxylic acids is 2. The number of ketones is 1. The summed E-state index contributed by atoms with van der Waals surface area (Å²) in [6.45, 7) is 5.68. The zero-order valence-corrected chi connectivity index (χ0v) is 22.6. The Labute approximate surface area is 214 Å². The molecule has 2 heterocycles. The van der Waals surface area contributed by atoms with E-state index in [1.54, 1.807) is 18.0 Å². The van der Waals surface area contributed by atoms with Crippen LogP contribution in [0.15, 0.2) is 40.9 Å². The summed E-state index contributed by atoms with van der Waals surface area (Å²) in [6, 6.07) is 7.55. The largest absolute Gasteiger partial charge is 0.473 e. The van der Waals surface area contributed by atoms with Crippen molar-refractivity contribution < 1.29 is 24.6 Å². The van der Waals surface area contributed by atoms with Crippen LogP contribution in [0.4, 0.5) is 0 Å². The number of thiophene rings is 1. The molecule has 10 heteroatoms. The lowest BCUT2D eigenvalue weighted by Crippen LogP contribution is -2.19. The predicted octanol–water partition coefficient (Wildman–Crippen LogP) is 5.26. The molecule has 0 aliphatic carbocycles. The van der Waals surface area contributed by atoms with Crippen LogP contribution in [0.2, 0.25) is 0 Å². The van der Waals surface area contributed by atoms with Gasteiger partial charge in [-0.3, -0.25) is 4.79 Å². The van der Waals surface area contributed by atoms with Gasteiger partial charge in [0.05, 0.1) is 10.4 Å². The van der Waals surface area contributed by atoms with Crippen molar-refractivity contribution >= 4 is 52.6 Å². The Morgan fingerprint density at radius 2 is 1.71 bits per heavy atom. The van der Waals surface area contributed by atoms with Crippen molar-refractivity contribution in [3.05, 3.63) is 46.3 Å². The SMILES string of the molecule is CN(C)CCCCCCSCC(C)(C)Sc1ncccc1C(=O)c1cccs1.O=C(O)C(=O)O. The fraction of sp³-hybridized carbons (Fsp3) is 0.500. The van der Waals surface area contributed by atoms with Gasteiger partial charge in [0.25, 0.3) is 0 Å². The van der Waals surface area contributed by atoms with Crippen LogP contribution in [0.5, 0.6) is 0 Å². The van der Waals surface area contributed by atoms with Crippen LogP contribution in [0.25, 0.3) is 0 Å². The maximum atomic E-state index is 12.8. The Bertz CT molecular complexity index is 890. The highest BCUT2D eigenvalue weighted by Crippen LogP contribution is 2.36. The van der Waals surface area contributed by atoms with E-state index in [9.17, 15) is 4.79 Å². The average Bonchev–Trinajstić information content (AvgIpc) is 3.30. The van der Waals surface area contributed by atoms with E-state index in [0.717, 1.165) is 15.7 Å². The van der Waals surface area contributed by atoms with Gasteiger partial charge in [0.1, 0.15) is 5.03 Å². The van der Waals surface area contributed by atoms with Crippen molar-refractivity contribution in [1.29, 1.82) is 0 Å². The Balaban J connectivity index is 0.000000852. The maximum absolute atomic E-state index is 12.8. The van der Waals surface area contributed by atoms with E-state index in [2.05, 4.69) is 37.8 Å². The molecule has 0 amide bonds. The summed E-state index contributed by atoms with van der Waals surface area (Å²) in [7, 11) is 4.27. The number of aromatic nitrogens is 1. The third kappa shape index (κ3) is 12.5. The average molecular weight is 527 g/mol. The van der Waals surface area contributed by atoms with Gasteiger partial charge < -0.3 is 15.1 Å². The summed E-state index contributed by atoms with van der Waals surface area (Å²) in [5.41, 5.74) is 0.717. The van der Waals surface area contributed by atoms with Crippen molar-refractivity contribution in [1.82, 2.24) is 9.88 Å². The topological polar surface area (TPSA) is 108 Å². The van der Waals surface area contributed by atoms with Crippen LogP contribution < -0.4 is 0 Å². The number of rotatable bonds is 13. The van der Waals surface area contributed by atoms with Gasteiger partial charge in [-0.1, -0.05) is 30.7 Å². The molecule has 0 atom stereocenters. The van der Waals surface area contributed by atoms with Crippen LogP contribution in [-0.2, 0) is 9.59 Å². The van der Waals surface area contributed by atoms with Gasteiger partial charge in [-0.2, -0.15) is 11.8 Å². The number of pyridine rings is 1. The number of hydrogen-bond donors (Lipinski definition) is 2. The number of thioether (sulfide) groups is 2. The van der Waals surface area contributed by atoms with Crippen molar-refractivity contribution in [2.24, 2.45) is 0 Å². The molecule has 0 aliphatic heterocycles. The smallest absolute Gasteiger partial charge is 0.414 e. The van der Waals surface area contributed by atoms with Gasteiger partial charge in [-0.05, 0) is 76.7 Å². The van der Waals surface area contributed by atoms with Gasteiger partial charge in [0.2, 0.25) is 5.78 Å². The second-order valence-electron chi connectivity index (χ2n) is 8.40. The quantitative estimate of drug-likeness (QED) is 0.156. The summed E-state index contributed by atoms with van der Waals surface area (Å²) in [6.07, 6.45) is 6.99. The second kappa shape index (κ2) is 15.9. The fourth-order valence-electron chi connectivity index (χ4n) is 2.78. The first-order chi connectivity index (χ1) is 16.0. The Hall–Kier alpha value is -1.88. The highest BCUT2D eigenvalue weighted by Gasteiger charge is 2.24. The molecule has 0 aliphatic rings. The lowest BCUT2D eigenvalue weighted by molar-refractivity contribution is -0.159. The number of unbranched alkanes of at least 4 members (excludes halogenated alkanes) is 3. The lowest BCUT2D eigenvalue weighted by atomic mass is 10.1. The molecule has 0 aromatic carbocycles. The van der Waals surface area contributed by atoms with E-state index in [1.807, 2.05) is 41.4 Å². The monoisotopic (exact) mass is 526 g/mol. The van der Waals surface area contributed by atoms with Crippen molar-refractivity contribution in [2.45, 2.75) is 49.3 Å². The van der Waals surface area contributed by atoms with Gasteiger partial charge in [0, 0.05) is 16.7 Å². The molecule has 188 valence electrons. The first kappa shape index (κ1) is 30.2. The van der Waals surface area contributed by atoms with Gasteiger partial charge in [-0.15, -0.1) is 11.3 Å². The van der Waals surface area contributed by atoms with E-state index < -0.39 is 11.9 Å². The fourth-order valence-corrected chi connectivity index (χ4v) is 5.90. The highest BCUT2D eigenvalue weighted by molar-refractivity contribution is 8.03. The zero-order chi connectivity index (χ0) is 25.6. The molecule has 0 bridgehead atoms. The predicted molar refractivity (Wildman–Crippen MR) is 142 cm³/mol. The number of carbonyl (C=O) groups excluding carboxylic acids is 1. The minimum atomic E-state index is -1.82. The molecule has 2 aromatic heterocycles. The molecule has 2 rings (SSSR count). The van der Waals surface area contributed by atoms with E-state index >= 15 is 0 Å². The molecule has 0 saturated heterocycles. The van der Waals surface area contributed by atoms with E-state index in [1.165, 1.54) is 49.3 Å². The number of nitrogens with zero attached hydrogens (tertiary/aromatic N) is 2. The van der Waals surface area contributed by atoms with Crippen LogP contribution in [0.3, 0.4) is 0 Å². The van der Waals surface area contributed by atoms with E-state index in [0.29, 0.717) is 5.56 Å². The van der Waals surface area contributed by atoms with E-state index in [4.69, 9.17) is 19.8 Å². The van der Waals surface area contributed by atoms with Crippen molar-refractivity contribution in [3.63, 3.8) is 0 Å². The Morgan fingerprint density at radius 1 is 1.03 bits per heavy atom. The highest BCUT2D eigenvalue weighted by atomic mass is 32.2. The third-order valence-corrected chi connectivity index (χ3v) is 8.18. The van der Waals surface area contributed by atoms with Crippen molar-refractivity contribution in [2.75, 3.05) is 32.1 Å². The third-order valence-electron chi connectivity index (χ3n) is 4.41. The molecular weight excluding hydrogens is 492 g/mol. The van der Waals surface area contributed by atoms with Crippen molar-refractivity contribution in [3.8, 4) is 0 Å². The van der Waals surface area contributed by atoms with Gasteiger partial charge in [-0.25, -0.2) is 14.6 Å². The van der Waals surface area contributed by atoms with Gasteiger partial charge >= 0.3 is 11.9 Å². The normalized spacial score (nSPS) is 11.1. The summed E-state index contributed by atoms with van der Waals surface area (Å²) >= 11 is 5.22. The molecule has 0 unspecified atom stereocenters. The molecule has 7 nitrogen and oxygen atoms in total. The van der Waals surface area contributed by atoms with Crippen LogP contribution in [0, 0.1) is 0 Å². The Kier molecular flexibility index (Phi) is 14.1. The number of hydrogen-bond acceptors (Lipinski definition) is 8. The minimum Gasteiger partial charge on any atom is -0.473 e. The number of carboxylic acids is 2. The molecular formula is C24H34N2O5S3.